The van der Waals surface area contributed by atoms with E-state index in [1.807, 2.05) is 56.3 Å². The summed E-state index contributed by atoms with van der Waals surface area (Å²) in [5.41, 5.74) is 3.49. The van der Waals surface area contributed by atoms with Crippen molar-refractivity contribution in [2.24, 2.45) is 0 Å². The number of amides is 3. The minimum Gasteiger partial charge on any atom is -0.341 e. The van der Waals surface area contributed by atoms with Crippen molar-refractivity contribution in [3.63, 3.8) is 0 Å². The van der Waals surface area contributed by atoms with Gasteiger partial charge in [0.05, 0.1) is 5.69 Å². The van der Waals surface area contributed by atoms with Gasteiger partial charge in [0.2, 0.25) is 11.8 Å². The minimum absolute atomic E-state index is 0.131. The van der Waals surface area contributed by atoms with Gasteiger partial charge in [-0.3, -0.25) is 14.4 Å². The Bertz CT molecular complexity index is 1000. The molecule has 0 saturated carbocycles. The molecule has 1 saturated heterocycles. The van der Waals surface area contributed by atoms with Crippen molar-refractivity contribution in [1.29, 1.82) is 0 Å². The molecule has 2 aromatic carbocycles. The summed E-state index contributed by atoms with van der Waals surface area (Å²) in [4.78, 5) is 43.1. The molecule has 30 heavy (non-hydrogen) atoms. The van der Waals surface area contributed by atoms with Crippen molar-refractivity contribution in [1.82, 2.24) is 4.90 Å². The molecule has 0 radical (unpaired) electrons. The van der Waals surface area contributed by atoms with Crippen LogP contribution >= 0.6 is 11.8 Å². The molecule has 1 fully saturated rings. The number of likely N-dealkylation sites (tertiary alicyclic amines) is 1. The van der Waals surface area contributed by atoms with Crippen LogP contribution < -0.4 is 10.2 Å². The fourth-order valence-electron chi connectivity index (χ4n) is 3.86. The van der Waals surface area contributed by atoms with E-state index in [1.54, 1.807) is 4.90 Å². The van der Waals surface area contributed by atoms with E-state index in [0.717, 1.165) is 34.6 Å². The summed E-state index contributed by atoms with van der Waals surface area (Å²) < 4.78 is 0. The van der Waals surface area contributed by atoms with Crippen LogP contribution in [0.1, 0.15) is 24.0 Å². The lowest BCUT2D eigenvalue weighted by Crippen LogP contribution is -2.51. The molecule has 2 heterocycles. The number of carbonyl (C=O) groups is 3. The van der Waals surface area contributed by atoms with Crippen LogP contribution in [0.5, 0.6) is 0 Å². The maximum absolute atomic E-state index is 13.3. The summed E-state index contributed by atoms with van der Waals surface area (Å²) in [6, 6.07) is 13.2. The van der Waals surface area contributed by atoms with Crippen LogP contribution in [0, 0.1) is 13.8 Å². The molecule has 0 unspecified atom stereocenters. The summed E-state index contributed by atoms with van der Waals surface area (Å²) in [7, 11) is 0. The molecular weight excluding hydrogens is 398 g/mol. The molecule has 0 spiro atoms. The maximum Gasteiger partial charge on any atom is 0.250 e. The lowest BCUT2D eigenvalue weighted by molar-refractivity contribution is -0.134. The van der Waals surface area contributed by atoms with Crippen molar-refractivity contribution in [2.75, 3.05) is 29.9 Å². The van der Waals surface area contributed by atoms with Crippen molar-refractivity contribution < 1.29 is 14.4 Å². The number of nitrogens with zero attached hydrogens (tertiary/aromatic N) is 2. The van der Waals surface area contributed by atoms with Crippen LogP contribution in [-0.2, 0) is 14.4 Å². The van der Waals surface area contributed by atoms with Crippen LogP contribution in [0.4, 0.5) is 11.4 Å². The third-order valence-electron chi connectivity index (χ3n) is 5.71. The first kappa shape index (κ1) is 20.5. The van der Waals surface area contributed by atoms with Gasteiger partial charge in [-0.15, -0.1) is 11.8 Å². The number of thioether (sulfide) groups is 1. The number of nitrogens with one attached hydrogen (secondary N) is 1. The average molecular weight is 424 g/mol. The number of fused-ring (bicyclic) bond motifs is 1. The Balaban J connectivity index is 1.57. The monoisotopic (exact) mass is 423 g/mol. The number of hydrogen-bond acceptors (Lipinski definition) is 4. The third-order valence-corrected chi connectivity index (χ3v) is 6.95. The number of carbonyl (C=O) groups excluding carboxylic acids is 3. The van der Waals surface area contributed by atoms with E-state index in [1.165, 1.54) is 16.7 Å². The Morgan fingerprint density at radius 1 is 1.07 bits per heavy atom. The Morgan fingerprint density at radius 2 is 1.80 bits per heavy atom. The maximum atomic E-state index is 13.3. The standard InChI is InChI=1S/C23H25N3O3S/c1-15-8-7-9-17(16(15)2)24-20(27)14-26-18-10-3-4-11-19(18)30-21(23(26)29)22(28)25-12-5-6-13-25/h3-4,7-11,21H,5-6,12-14H2,1-2H3,(H,24,27)/t21-/m0/s1. The Kier molecular flexibility index (Phi) is 5.81. The molecule has 1 N–H and O–H groups in total. The van der Waals surface area contributed by atoms with Gasteiger partial charge in [0.1, 0.15) is 6.54 Å². The molecule has 2 aromatic rings. The van der Waals surface area contributed by atoms with Crippen LogP contribution in [0.25, 0.3) is 0 Å². The van der Waals surface area contributed by atoms with Gasteiger partial charge >= 0.3 is 0 Å². The summed E-state index contributed by atoms with van der Waals surface area (Å²) in [6.45, 7) is 5.19. The molecule has 1 atom stereocenters. The van der Waals surface area contributed by atoms with Crippen LogP contribution in [0.2, 0.25) is 0 Å². The summed E-state index contributed by atoms with van der Waals surface area (Å²) in [5, 5.41) is 2.07. The van der Waals surface area contributed by atoms with Gasteiger partial charge in [0, 0.05) is 23.7 Å². The predicted octanol–water partition coefficient (Wildman–Crippen LogP) is 3.37. The SMILES string of the molecule is Cc1cccc(NC(=O)CN2C(=O)[C@H](C(=O)N3CCCC3)Sc3ccccc32)c1C. The smallest absolute Gasteiger partial charge is 0.250 e. The minimum atomic E-state index is -0.841. The van der Waals surface area contributed by atoms with E-state index in [-0.39, 0.29) is 24.3 Å². The van der Waals surface area contributed by atoms with Crippen LogP contribution in [-0.4, -0.2) is 47.5 Å². The lowest BCUT2D eigenvalue weighted by Gasteiger charge is -2.34. The first-order valence-corrected chi connectivity index (χ1v) is 11.1. The van der Waals surface area contributed by atoms with Gasteiger partial charge in [-0.2, -0.15) is 0 Å². The van der Waals surface area contributed by atoms with Gasteiger partial charge in [-0.05, 0) is 56.0 Å². The number of benzene rings is 2. The number of rotatable bonds is 4. The van der Waals surface area contributed by atoms with Gasteiger partial charge in [0.25, 0.3) is 5.91 Å². The van der Waals surface area contributed by atoms with Crippen LogP contribution in [0.3, 0.4) is 0 Å². The zero-order valence-corrected chi connectivity index (χ0v) is 18.0. The molecule has 6 nitrogen and oxygen atoms in total. The van der Waals surface area contributed by atoms with Crippen molar-refractivity contribution >= 4 is 40.9 Å². The van der Waals surface area contributed by atoms with Crippen molar-refractivity contribution in [3.8, 4) is 0 Å². The third kappa shape index (κ3) is 3.94. The summed E-state index contributed by atoms with van der Waals surface area (Å²) >= 11 is 1.29. The molecule has 2 aliphatic rings. The molecule has 0 aliphatic carbocycles. The predicted molar refractivity (Wildman–Crippen MR) is 119 cm³/mol. The second-order valence-electron chi connectivity index (χ2n) is 7.72. The highest BCUT2D eigenvalue weighted by Crippen LogP contribution is 2.40. The Morgan fingerprint density at radius 3 is 2.57 bits per heavy atom. The first-order chi connectivity index (χ1) is 14.5. The van der Waals surface area contributed by atoms with Gasteiger partial charge in [-0.1, -0.05) is 24.3 Å². The summed E-state index contributed by atoms with van der Waals surface area (Å²) in [5.74, 6) is -0.769. The zero-order chi connectivity index (χ0) is 21.3. The van der Waals surface area contributed by atoms with E-state index in [0.29, 0.717) is 18.8 Å². The second kappa shape index (κ2) is 8.52. The highest BCUT2D eigenvalue weighted by Gasteiger charge is 2.41. The highest BCUT2D eigenvalue weighted by atomic mass is 32.2. The fourth-order valence-corrected chi connectivity index (χ4v) is 5.05. The molecule has 0 bridgehead atoms. The number of aryl methyl sites for hydroxylation is 1. The van der Waals surface area contributed by atoms with E-state index in [2.05, 4.69) is 5.32 Å². The molecule has 156 valence electrons. The number of hydrogen-bond donors (Lipinski definition) is 1. The number of anilines is 2. The van der Waals surface area contributed by atoms with Crippen molar-refractivity contribution in [3.05, 3.63) is 53.6 Å². The molecular formula is C23H25N3O3S. The van der Waals surface area contributed by atoms with Gasteiger partial charge < -0.3 is 15.1 Å². The quantitative estimate of drug-likeness (QED) is 0.766. The van der Waals surface area contributed by atoms with Gasteiger partial charge in [0.15, 0.2) is 5.25 Å². The zero-order valence-electron chi connectivity index (χ0n) is 17.2. The average Bonchev–Trinajstić information content (AvgIpc) is 3.28. The molecule has 3 amide bonds. The second-order valence-corrected chi connectivity index (χ2v) is 8.86. The van der Waals surface area contributed by atoms with E-state index in [9.17, 15) is 14.4 Å². The molecule has 2 aliphatic heterocycles. The highest BCUT2D eigenvalue weighted by molar-refractivity contribution is 8.01. The van der Waals surface area contributed by atoms with Crippen molar-refractivity contribution in [2.45, 2.75) is 36.8 Å². The largest absolute Gasteiger partial charge is 0.341 e. The number of para-hydroxylation sites is 1. The Labute approximate surface area is 180 Å². The van der Waals surface area contributed by atoms with Gasteiger partial charge in [-0.25, -0.2) is 0 Å². The topological polar surface area (TPSA) is 69.7 Å². The summed E-state index contributed by atoms with van der Waals surface area (Å²) in [6.07, 6.45) is 1.94. The first-order valence-electron chi connectivity index (χ1n) is 10.2. The van der Waals surface area contributed by atoms with Crippen LogP contribution in [0.15, 0.2) is 47.4 Å². The van der Waals surface area contributed by atoms with E-state index < -0.39 is 5.25 Å². The Hall–Kier alpha value is -2.80. The molecule has 7 heteroatoms. The fraction of sp³-hybridized carbons (Fsp3) is 0.348. The molecule has 0 aromatic heterocycles. The van der Waals surface area contributed by atoms with E-state index in [4.69, 9.17) is 0 Å². The molecule has 4 rings (SSSR count). The normalized spacial score (nSPS) is 18.3. The lowest BCUT2D eigenvalue weighted by atomic mass is 10.1. The van der Waals surface area contributed by atoms with E-state index >= 15 is 0 Å².